The molecule has 26 heavy (non-hydrogen) atoms. The molecule has 1 aromatic heterocycles. The molecular formula is C20H21N5O. The third-order valence-corrected chi connectivity index (χ3v) is 4.78. The molecule has 6 nitrogen and oxygen atoms in total. The van der Waals surface area contributed by atoms with Gasteiger partial charge in [-0.1, -0.05) is 29.5 Å². The van der Waals surface area contributed by atoms with Gasteiger partial charge in [0, 0.05) is 30.4 Å². The SMILES string of the molecule is CC1Cc2ccccc2N1CCNC(=O)c1cccc(-n2ccnn2)c1. The van der Waals surface area contributed by atoms with Gasteiger partial charge in [0.1, 0.15) is 0 Å². The average molecular weight is 347 g/mol. The average Bonchev–Trinajstić information content (AvgIpc) is 3.30. The second kappa shape index (κ2) is 7.00. The van der Waals surface area contributed by atoms with Crippen LogP contribution in [0.25, 0.3) is 5.69 Å². The van der Waals surface area contributed by atoms with Crippen molar-refractivity contribution in [2.45, 2.75) is 19.4 Å². The lowest BCUT2D eigenvalue weighted by Gasteiger charge is -2.25. The molecule has 1 N–H and O–H groups in total. The predicted molar refractivity (Wildman–Crippen MR) is 101 cm³/mol. The molecule has 1 atom stereocenters. The summed E-state index contributed by atoms with van der Waals surface area (Å²) in [5, 5.41) is 10.8. The van der Waals surface area contributed by atoms with Crippen LogP contribution in [0.1, 0.15) is 22.8 Å². The van der Waals surface area contributed by atoms with Crippen molar-refractivity contribution < 1.29 is 4.79 Å². The maximum Gasteiger partial charge on any atom is 0.251 e. The first-order valence-electron chi connectivity index (χ1n) is 8.82. The van der Waals surface area contributed by atoms with Crippen LogP contribution in [0.5, 0.6) is 0 Å². The van der Waals surface area contributed by atoms with Crippen molar-refractivity contribution in [3.63, 3.8) is 0 Å². The zero-order chi connectivity index (χ0) is 17.9. The number of hydrogen-bond acceptors (Lipinski definition) is 4. The molecule has 0 saturated heterocycles. The van der Waals surface area contributed by atoms with Gasteiger partial charge in [0.2, 0.25) is 0 Å². The van der Waals surface area contributed by atoms with Crippen LogP contribution in [0.4, 0.5) is 5.69 Å². The van der Waals surface area contributed by atoms with Crippen LogP contribution in [0, 0.1) is 0 Å². The largest absolute Gasteiger partial charge is 0.367 e. The highest BCUT2D eigenvalue weighted by Crippen LogP contribution is 2.31. The molecule has 1 unspecified atom stereocenters. The maximum atomic E-state index is 12.5. The van der Waals surface area contributed by atoms with E-state index in [1.54, 1.807) is 17.1 Å². The summed E-state index contributed by atoms with van der Waals surface area (Å²) < 4.78 is 1.64. The molecule has 0 radical (unpaired) electrons. The summed E-state index contributed by atoms with van der Waals surface area (Å²) in [5.74, 6) is -0.0768. The highest BCUT2D eigenvalue weighted by molar-refractivity contribution is 5.94. The topological polar surface area (TPSA) is 63.1 Å². The van der Waals surface area contributed by atoms with Gasteiger partial charge in [-0.2, -0.15) is 0 Å². The van der Waals surface area contributed by atoms with Crippen LogP contribution >= 0.6 is 0 Å². The number of anilines is 1. The lowest BCUT2D eigenvalue weighted by molar-refractivity contribution is 0.0954. The smallest absolute Gasteiger partial charge is 0.251 e. The Morgan fingerprint density at radius 1 is 1.23 bits per heavy atom. The van der Waals surface area contributed by atoms with Crippen molar-refractivity contribution in [3.05, 3.63) is 72.1 Å². The summed E-state index contributed by atoms with van der Waals surface area (Å²) in [7, 11) is 0. The molecule has 1 aliphatic rings. The van der Waals surface area contributed by atoms with E-state index in [1.165, 1.54) is 11.3 Å². The van der Waals surface area contributed by atoms with E-state index in [0.717, 1.165) is 18.7 Å². The molecule has 1 aliphatic heterocycles. The first kappa shape index (κ1) is 16.3. The number of fused-ring (bicyclic) bond motifs is 1. The molecule has 2 aromatic carbocycles. The molecule has 6 heteroatoms. The van der Waals surface area contributed by atoms with Gasteiger partial charge >= 0.3 is 0 Å². The molecule has 2 heterocycles. The first-order valence-corrected chi connectivity index (χ1v) is 8.82. The number of nitrogens with one attached hydrogen (secondary N) is 1. The molecule has 0 bridgehead atoms. The van der Waals surface area contributed by atoms with Crippen molar-refractivity contribution in [1.29, 1.82) is 0 Å². The fourth-order valence-electron chi connectivity index (χ4n) is 3.50. The molecule has 0 saturated carbocycles. The first-order chi connectivity index (χ1) is 12.7. The van der Waals surface area contributed by atoms with E-state index in [1.807, 2.05) is 24.3 Å². The molecule has 132 valence electrons. The number of hydrogen-bond donors (Lipinski definition) is 1. The zero-order valence-corrected chi connectivity index (χ0v) is 14.7. The van der Waals surface area contributed by atoms with E-state index in [4.69, 9.17) is 0 Å². The van der Waals surface area contributed by atoms with E-state index in [0.29, 0.717) is 18.2 Å². The van der Waals surface area contributed by atoms with Gasteiger partial charge < -0.3 is 10.2 Å². The fourth-order valence-corrected chi connectivity index (χ4v) is 3.50. The Hall–Kier alpha value is -3.15. The summed E-state index contributed by atoms with van der Waals surface area (Å²) in [4.78, 5) is 14.9. The Morgan fingerprint density at radius 2 is 2.12 bits per heavy atom. The van der Waals surface area contributed by atoms with Gasteiger partial charge in [0.15, 0.2) is 0 Å². The highest BCUT2D eigenvalue weighted by atomic mass is 16.1. The Labute approximate surface area is 152 Å². The quantitative estimate of drug-likeness (QED) is 0.770. The van der Waals surface area contributed by atoms with Crippen LogP contribution < -0.4 is 10.2 Å². The number of para-hydroxylation sites is 1. The lowest BCUT2D eigenvalue weighted by Crippen LogP contribution is -2.37. The molecule has 0 fully saturated rings. The fraction of sp³-hybridized carbons (Fsp3) is 0.250. The molecule has 3 aromatic rings. The number of benzene rings is 2. The minimum Gasteiger partial charge on any atom is -0.367 e. The second-order valence-corrected chi connectivity index (χ2v) is 6.53. The summed E-state index contributed by atoms with van der Waals surface area (Å²) in [5.41, 5.74) is 4.10. The van der Waals surface area contributed by atoms with E-state index < -0.39 is 0 Å². The molecule has 0 aliphatic carbocycles. The van der Waals surface area contributed by atoms with E-state index in [2.05, 4.69) is 51.7 Å². The Bertz CT molecular complexity index is 906. The lowest BCUT2D eigenvalue weighted by atomic mass is 10.1. The second-order valence-electron chi connectivity index (χ2n) is 6.53. The molecular weight excluding hydrogens is 326 g/mol. The molecule has 1 amide bonds. The normalized spacial score (nSPS) is 15.7. The van der Waals surface area contributed by atoms with Crippen LogP contribution in [-0.4, -0.2) is 40.0 Å². The summed E-state index contributed by atoms with van der Waals surface area (Å²) in [6.45, 7) is 3.63. The van der Waals surface area contributed by atoms with Gasteiger partial charge in [-0.25, -0.2) is 4.68 Å². The van der Waals surface area contributed by atoms with E-state index in [-0.39, 0.29) is 5.91 Å². The minimum atomic E-state index is -0.0768. The van der Waals surface area contributed by atoms with E-state index in [9.17, 15) is 4.79 Å². The molecule has 4 rings (SSSR count). The van der Waals surface area contributed by atoms with Crippen molar-refractivity contribution in [2.24, 2.45) is 0 Å². The van der Waals surface area contributed by atoms with Gasteiger partial charge in [0.05, 0.1) is 18.1 Å². The van der Waals surface area contributed by atoms with Crippen LogP contribution in [0.2, 0.25) is 0 Å². The minimum absolute atomic E-state index is 0.0768. The van der Waals surface area contributed by atoms with Gasteiger partial charge in [-0.3, -0.25) is 4.79 Å². The van der Waals surface area contributed by atoms with Crippen LogP contribution in [0.15, 0.2) is 60.9 Å². The van der Waals surface area contributed by atoms with Gasteiger partial charge in [0.25, 0.3) is 5.91 Å². The summed E-state index contributed by atoms with van der Waals surface area (Å²) in [6.07, 6.45) is 4.43. The highest BCUT2D eigenvalue weighted by Gasteiger charge is 2.24. The van der Waals surface area contributed by atoms with Crippen molar-refractivity contribution in [1.82, 2.24) is 20.3 Å². The maximum absolute atomic E-state index is 12.5. The third kappa shape index (κ3) is 3.18. The number of aromatic nitrogens is 3. The van der Waals surface area contributed by atoms with Gasteiger partial charge in [-0.15, -0.1) is 5.10 Å². The monoisotopic (exact) mass is 347 g/mol. The number of amides is 1. The van der Waals surface area contributed by atoms with E-state index >= 15 is 0 Å². The number of nitrogens with zero attached hydrogens (tertiary/aromatic N) is 4. The van der Waals surface area contributed by atoms with Crippen molar-refractivity contribution >= 4 is 11.6 Å². The number of rotatable bonds is 5. The number of carbonyl (C=O) groups excluding carboxylic acids is 1. The summed E-state index contributed by atoms with van der Waals surface area (Å²) in [6, 6.07) is 16.3. The zero-order valence-electron chi connectivity index (χ0n) is 14.7. The van der Waals surface area contributed by atoms with Crippen molar-refractivity contribution in [3.8, 4) is 5.69 Å². The molecule has 0 spiro atoms. The number of carbonyl (C=O) groups is 1. The van der Waals surface area contributed by atoms with Crippen molar-refractivity contribution in [2.75, 3.05) is 18.0 Å². The standard InChI is InChI=1S/C20H21N5O/c1-15-13-16-5-2-3-8-19(16)24(15)11-9-21-20(26)17-6-4-7-18(14-17)25-12-10-22-23-25/h2-8,10,12,14-15H,9,11,13H2,1H3,(H,21,26). The Kier molecular flexibility index (Phi) is 4.39. The van der Waals surface area contributed by atoms with Crippen LogP contribution in [-0.2, 0) is 6.42 Å². The Morgan fingerprint density at radius 3 is 2.96 bits per heavy atom. The Balaban J connectivity index is 1.38. The third-order valence-electron chi connectivity index (χ3n) is 4.78. The predicted octanol–water partition coefficient (Wildman–Crippen LogP) is 2.45. The van der Waals surface area contributed by atoms with Crippen LogP contribution in [0.3, 0.4) is 0 Å². The summed E-state index contributed by atoms with van der Waals surface area (Å²) >= 11 is 0. The van der Waals surface area contributed by atoms with Gasteiger partial charge in [-0.05, 0) is 43.2 Å².